The molecule has 22 rings (SSSR count). The standard InChI is InChI=1S/C96H58N12O2/c109-93-86-76-57-81-74(70-43-20-24-47-78(70)107(81)95-99-89(60-28-7-1-8-29-60)97-90(100-95)61-30-9-2-10-31-61)56-82(76)104(88(86)71-44-21-25-48-79(71)105(93)66-39-17-6-18-40-66)67-52-50-59(51-53-67)64-36-27-41-68(54-64)106-80-49-26-22-45-72(80)87-85(94(106)110)75-55-73-69-42-19-23-46-77(69)108(83(73)58-84(75)103(87)65-37-15-5-16-38-65)96-101-91(62-32-11-3-12-33-62)98-92(102-96)63-34-13-4-14-35-63/h1-58H. The quantitative estimate of drug-likeness (QED) is 0.125. The van der Waals surface area contributed by atoms with Gasteiger partial charge in [0.25, 0.3) is 11.1 Å². The molecule has 14 nitrogen and oxygen atoms in total. The zero-order valence-corrected chi connectivity index (χ0v) is 58.7. The summed E-state index contributed by atoms with van der Waals surface area (Å²) in [6, 6.07) is 119. The molecule has 110 heavy (non-hydrogen) atoms. The summed E-state index contributed by atoms with van der Waals surface area (Å²) in [5.41, 5.74) is 16.6. The van der Waals surface area contributed by atoms with E-state index in [1.54, 1.807) is 0 Å². The van der Waals surface area contributed by atoms with Crippen molar-refractivity contribution in [1.29, 1.82) is 0 Å². The number of para-hydroxylation sites is 6. The van der Waals surface area contributed by atoms with Gasteiger partial charge in [-0.1, -0.05) is 255 Å². The predicted molar refractivity (Wildman–Crippen MR) is 444 cm³/mol. The lowest BCUT2D eigenvalue weighted by Gasteiger charge is -2.16. The van der Waals surface area contributed by atoms with E-state index < -0.39 is 0 Å². The Morgan fingerprint density at radius 2 is 0.491 bits per heavy atom. The lowest BCUT2D eigenvalue weighted by Crippen LogP contribution is -2.19. The highest BCUT2D eigenvalue weighted by atomic mass is 16.1. The van der Waals surface area contributed by atoms with Gasteiger partial charge in [0.1, 0.15) is 0 Å². The Morgan fingerprint density at radius 3 is 0.945 bits per heavy atom. The molecule has 0 saturated carbocycles. The Hall–Kier alpha value is -15.3. The summed E-state index contributed by atoms with van der Waals surface area (Å²) in [4.78, 5) is 63.8. The van der Waals surface area contributed by atoms with Gasteiger partial charge < -0.3 is 9.13 Å². The van der Waals surface area contributed by atoms with Gasteiger partial charge in [0.2, 0.25) is 11.9 Å². The molecule has 0 aliphatic carbocycles. The van der Waals surface area contributed by atoms with Crippen molar-refractivity contribution in [2.75, 3.05) is 0 Å². The predicted octanol–water partition coefficient (Wildman–Crippen LogP) is 21.4. The summed E-state index contributed by atoms with van der Waals surface area (Å²) in [7, 11) is 0. The monoisotopic (exact) mass is 1410 g/mol. The SMILES string of the molecule is O=c1c2c3cc4c(cc3n(-c3ccc(-c5cccc(-n6c(=O)c7c8cc9c%10ccccc%10n(-c%10nc(-c%11ccccc%11)nc(-c%11ccccc%11)n%10)c9cc8n(-c8ccccc8)c7c7ccccc76)c5)cc3)c2c2ccccc2n1-c1ccccc1)c1ccccc1n4-c1nc(-c2ccccc2)nc(-c2ccccc2)n1. The first-order chi connectivity index (χ1) is 54.4. The van der Waals surface area contributed by atoms with Crippen molar-refractivity contribution < 1.29 is 0 Å². The van der Waals surface area contributed by atoms with Crippen molar-refractivity contribution >= 4 is 109 Å². The van der Waals surface area contributed by atoms with Gasteiger partial charge in [-0.05, 0) is 108 Å². The van der Waals surface area contributed by atoms with Gasteiger partial charge in [-0.15, -0.1) is 0 Å². The van der Waals surface area contributed by atoms with E-state index in [1.807, 2.05) is 234 Å². The van der Waals surface area contributed by atoms with Crippen LogP contribution in [-0.4, -0.2) is 57.3 Å². The molecule has 0 N–H and O–H groups in total. The van der Waals surface area contributed by atoms with Gasteiger partial charge in [-0.2, -0.15) is 19.9 Å². The lowest BCUT2D eigenvalue weighted by molar-refractivity contribution is 0.953. The Labute approximate surface area is 626 Å². The van der Waals surface area contributed by atoms with E-state index in [9.17, 15) is 0 Å². The Bertz CT molecular complexity index is 7550. The van der Waals surface area contributed by atoms with Crippen LogP contribution < -0.4 is 11.1 Å². The average molecular weight is 1410 g/mol. The maximum atomic E-state index is 16.5. The minimum atomic E-state index is -0.157. The zero-order valence-electron chi connectivity index (χ0n) is 58.7. The fourth-order valence-corrected chi connectivity index (χ4v) is 16.7. The smallest absolute Gasteiger partial charge is 0.265 e. The molecule has 0 spiro atoms. The lowest BCUT2D eigenvalue weighted by atomic mass is 10.0. The van der Waals surface area contributed by atoms with E-state index in [4.69, 9.17) is 29.9 Å². The Kier molecular flexibility index (Phi) is 13.9. The summed E-state index contributed by atoms with van der Waals surface area (Å²) in [5, 5.41) is 8.42. The first-order valence-corrected chi connectivity index (χ1v) is 36.6. The number of hydrogen-bond donors (Lipinski definition) is 0. The first-order valence-electron chi connectivity index (χ1n) is 36.6. The van der Waals surface area contributed by atoms with Crippen LogP contribution in [0.2, 0.25) is 0 Å². The number of aromatic nitrogens is 12. The van der Waals surface area contributed by atoms with Gasteiger partial charge >= 0.3 is 0 Å². The van der Waals surface area contributed by atoms with Crippen LogP contribution in [0.3, 0.4) is 0 Å². The minimum absolute atomic E-state index is 0.153. The van der Waals surface area contributed by atoms with Crippen LogP contribution in [0.1, 0.15) is 0 Å². The first kappa shape index (κ1) is 62.1. The van der Waals surface area contributed by atoms with Gasteiger partial charge in [-0.3, -0.25) is 27.9 Å². The fourth-order valence-electron chi connectivity index (χ4n) is 16.7. The normalized spacial score (nSPS) is 11.9. The van der Waals surface area contributed by atoms with Crippen molar-refractivity contribution in [2.45, 2.75) is 0 Å². The van der Waals surface area contributed by atoms with Crippen molar-refractivity contribution in [3.05, 3.63) is 373 Å². The summed E-state index contributed by atoms with van der Waals surface area (Å²) in [6.45, 7) is 0. The molecule has 0 atom stereocenters. The maximum absolute atomic E-state index is 16.5. The van der Waals surface area contributed by atoms with E-state index in [0.29, 0.717) is 51.7 Å². The van der Waals surface area contributed by atoms with Crippen LogP contribution in [-0.2, 0) is 0 Å². The molecule has 0 bridgehead atoms. The van der Waals surface area contributed by atoms with Gasteiger partial charge in [0.15, 0.2) is 23.3 Å². The molecule has 0 saturated heterocycles. The molecule has 0 radical (unpaired) electrons. The molecule has 8 heterocycles. The number of fused-ring (bicyclic) bond motifs is 16. The summed E-state index contributed by atoms with van der Waals surface area (Å²) < 4.78 is 12.5. The van der Waals surface area contributed by atoms with Crippen molar-refractivity contribution in [3.63, 3.8) is 0 Å². The summed E-state index contributed by atoms with van der Waals surface area (Å²) in [6.07, 6.45) is 0. The molecule has 8 aromatic heterocycles. The van der Waals surface area contributed by atoms with Crippen LogP contribution in [0.15, 0.2) is 361 Å². The molecule has 0 aliphatic rings. The third kappa shape index (κ3) is 9.62. The zero-order chi connectivity index (χ0) is 72.7. The molecular formula is C96H58N12O2. The van der Waals surface area contributed by atoms with Crippen molar-refractivity contribution in [2.24, 2.45) is 0 Å². The van der Waals surface area contributed by atoms with E-state index in [1.165, 1.54) is 0 Å². The van der Waals surface area contributed by atoms with Gasteiger partial charge in [0.05, 0.1) is 65.9 Å². The van der Waals surface area contributed by atoms with Crippen LogP contribution in [0.25, 0.3) is 200 Å². The maximum Gasteiger partial charge on any atom is 0.265 e. The van der Waals surface area contributed by atoms with Gasteiger partial charge in [0, 0.05) is 88.1 Å². The molecule has 14 heteroatoms. The van der Waals surface area contributed by atoms with Crippen molar-refractivity contribution in [1.82, 2.24) is 57.3 Å². The van der Waals surface area contributed by atoms with Gasteiger partial charge in [-0.25, -0.2) is 9.97 Å². The molecule has 0 fully saturated rings. The molecule has 0 unspecified atom stereocenters. The Balaban J connectivity index is 0.731. The minimum Gasteiger partial charge on any atom is -0.308 e. The number of rotatable bonds is 11. The topological polar surface area (TPSA) is 141 Å². The molecule has 0 amide bonds. The Morgan fingerprint density at radius 1 is 0.182 bits per heavy atom. The fraction of sp³-hybridized carbons (Fsp3) is 0. The molecule has 14 aromatic carbocycles. The van der Waals surface area contributed by atoms with Crippen LogP contribution in [0.4, 0.5) is 0 Å². The highest BCUT2D eigenvalue weighted by molar-refractivity contribution is 6.25. The summed E-state index contributed by atoms with van der Waals surface area (Å²) in [5.74, 6) is 3.10. The van der Waals surface area contributed by atoms with Crippen LogP contribution >= 0.6 is 0 Å². The van der Waals surface area contributed by atoms with E-state index >= 15 is 9.59 Å². The molecule has 22 aromatic rings. The number of benzene rings is 14. The second kappa shape index (κ2) is 24.7. The average Bonchev–Trinajstić information content (AvgIpc) is 1.54. The number of pyridine rings is 2. The van der Waals surface area contributed by atoms with E-state index in [-0.39, 0.29) is 11.1 Å². The molecular weight excluding hydrogens is 1350 g/mol. The molecule has 0 aliphatic heterocycles. The van der Waals surface area contributed by atoms with Crippen molar-refractivity contribution in [3.8, 4) is 91.3 Å². The van der Waals surface area contributed by atoms with Crippen LogP contribution in [0, 0.1) is 0 Å². The highest BCUT2D eigenvalue weighted by Crippen LogP contribution is 2.45. The highest BCUT2D eigenvalue weighted by Gasteiger charge is 2.29. The van der Waals surface area contributed by atoms with E-state index in [2.05, 4.69) is 146 Å². The largest absolute Gasteiger partial charge is 0.308 e. The number of hydrogen-bond acceptors (Lipinski definition) is 8. The second-order valence-corrected chi connectivity index (χ2v) is 27.7. The third-order valence-corrected chi connectivity index (χ3v) is 21.5. The van der Waals surface area contributed by atoms with E-state index in [0.717, 1.165) is 149 Å². The third-order valence-electron chi connectivity index (χ3n) is 21.5. The summed E-state index contributed by atoms with van der Waals surface area (Å²) >= 11 is 0. The number of nitrogens with zero attached hydrogens (tertiary/aromatic N) is 12. The van der Waals surface area contributed by atoms with Crippen LogP contribution in [0.5, 0.6) is 0 Å². The molecule has 514 valence electrons. The second-order valence-electron chi connectivity index (χ2n) is 27.7.